The number of carboxylic acid groups (broad SMARTS) is 1. The number of aromatic amines is 1. The van der Waals surface area contributed by atoms with Crippen molar-refractivity contribution >= 4 is 5.97 Å². The van der Waals surface area contributed by atoms with Crippen LogP contribution in [0.15, 0.2) is 30.3 Å². The maximum Gasteiger partial charge on any atom is 0.303 e. The van der Waals surface area contributed by atoms with Crippen molar-refractivity contribution in [3.05, 3.63) is 36.2 Å². The van der Waals surface area contributed by atoms with Crippen molar-refractivity contribution in [2.24, 2.45) is 5.92 Å². The van der Waals surface area contributed by atoms with E-state index in [-0.39, 0.29) is 12.3 Å². The molecular formula is C13H15N3O2. The van der Waals surface area contributed by atoms with Crippen LogP contribution in [0.3, 0.4) is 0 Å². The number of hydrogen-bond acceptors (Lipinski definition) is 3. The van der Waals surface area contributed by atoms with Gasteiger partial charge in [-0.25, -0.2) is 4.98 Å². The van der Waals surface area contributed by atoms with E-state index in [4.69, 9.17) is 5.11 Å². The van der Waals surface area contributed by atoms with E-state index in [1.54, 1.807) is 0 Å². The number of hydrogen-bond donors (Lipinski definition) is 2. The SMILES string of the molecule is CC(CC(=O)O)Cc1nc(-c2ccccc2)n[nH]1. The minimum atomic E-state index is -0.787. The predicted molar refractivity (Wildman–Crippen MR) is 66.9 cm³/mol. The third kappa shape index (κ3) is 3.16. The summed E-state index contributed by atoms with van der Waals surface area (Å²) in [5, 5.41) is 15.7. The second kappa shape index (κ2) is 5.44. The molecule has 5 nitrogen and oxygen atoms in total. The highest BCUT2D eigenvalue weighted by Gasteiger charge is 2.12. The van der Waals surface area contributed by atoms with Crippen LogP contribution in [-0.4, -0.2) is 26.3 Å². The standard InChI is InChI=1S/C13H15N3O2/c1-9(8-12(17)18)7-11-14-13(16-15-11)10-5-3-2-4-6-10/h2-6,9H,7-8H2,1H3,(H,17,18)(H,14,15,16). The molecule has 0 aliphatic rings. The Balaban J connectivity index is 2.05. The fourth-order valence-electron chi connectivity index (χ4n) is 1.80. The third-order valence-corrected chi connectivity index (χ3v) is 2.63. The molecule has 2 rings (SSSR count). The Kier molecular flexibility index (Phi) is 3.72. The first-order valence-corrected chi connectivity index (χ1v) is 5.83. The number of rotatable bonds is 5. The van der Waals surface area contributed by atoms with Gasteiger partial charge in [-0.2, -0.15) is 5.10 Å². The largest absolute Gasteiger partial charge is 0.481 e. The lowest BCUT2D eigenvalue weighted by Crippen LogP contribution is -2.07. The van der Waals surface area contributed by atoms with Gasteiger partial charge in [-0.15, -0.1) is 0 Å². The van der Waals surface area contributed by atoms with Crippen molar-refractivity contribution in [3.8, 4) is 11.4 Å². The summed E-state index contributed by atoms with van der Waals surface area (Å²) in [6, 6.07) is 9.67. The molecule has 0 bridgehead atoms. The summed E-state index contributed by atoms with van der Waals surface area (Å²) in [6.07, 6.45) is 0.730. The summed E-state index contributed by atoms with van der Waals surface area (Å²) < 4.78 is 0. The molecular weight excluding hydrogens is 230 g/mol. The highest BCUT2D eigenvalue weighted by molar-refractivity contribution is 5.67. The Morgan fingerprint density at radius 3 is 2.78 bits per heavy atom. The van der Waals surface area contributed by atoms with Gasteiger partial charge in [0, 0.05) is 18.4 Å². The van der Waals surface area contributed by atoms with Gasteiger partial charge >= 0.3 is 5.97 Å². The second-order valence-corrected chi connectivity index (χ2v) is 4.38. The van der Waals surface area contributed by atoms with Crippen LogP contribution >= 0.6 is 0 Å². The maximum atomic E-state index is 10.6. The molecule has 0 saturated heterocycles. The monoisotopic (exact) mass is 245 g/mol. The molecule has 0 saturated carbocycles. The van der Waals surface area contributed by atoms with Gasteiger partial charge in [0.15, 0.2) is 5.82 Å². The van der Waals surface area contributed by atoms with Gasteiger partial charge in [0.1, 0.15) is 5.82 Å². The number of nitrogens with zero attached hydrogens (tertiary/aromatic N) is 2. The summed E-state index contributed by atoms with van der Waals surface area (Å²) in [5.41, 5.74) is 0.950. The molecule has 94 valence electrons. The molecule has 1 unspecified atom stereocenters. The second-order valence-electron chi connectivity index (χ2n) is 4.38. The lowest BCUT2D eigenvalue weighted by molar-refractivity contribution is -0.137. The topological polar surface area (TPSA) is 78.9 Å². The number of H-pyrrole nitrogens is 1. The van der Waals surface area contributed by atoms with Gasteiger partial charge < -0.3 is 5.11 Å². The maximum absolute atomic E-state index is 10.6. The van der Waals surface area contributed by atoms with Crippen molar-refractivity contribution in [2.75, 3.05) is 0 Å². The van der Waals surface area contributed by atoms with E-state index in [0.29, 0.717) is 12.2 Å². The number of carbonyl (C=O) groups is 1. The third-order valence-electron chi connectivity index (χ3n) is 2.63. The van der Waals surface area contributed by atoms with Gasteiger partial charge in [0.25, 0.3) is 0 Å². The zero-order valence-electron chi connectivity index (χ0n) is 10.1. The zero-order chi connectivity index (χ0) is 13.0. The molecule has 18 heavy (non-hydrogen) atoms. The number of nitrogens with one attached hydrogen (secondary N) is 1. The van der Waals surface area contributed by atoms with Crippen LogP contribution in [0, 0.1) is 5.92 Å². The van der Waals surface area contributed by atoms with Gasteiger partial charge in [0.05, 0.1) is 0 Å². The van der Waals surface area contributed by atoms with Gasteiger partial charge in [-0.1, -0.05) is 37.3 Å². The number of aromatic nitrogens is 3. The Bertz CT molecular complexity index is 522. The number of aliphatic carboxylic acids is 1. The molecule has 0 amide bonds. The fraction of sp³-hybridized carbons (Fsp3) is 0.308. The minimum Gasteiger partial charge on any atom is -0.481 e. The Morgan fingerprint density at radius 2 is 2.11 bits per heavy atom. The molecule has 0 radical (unpaired) electrons. The van der Waals surface area contributed by atoms with Crippen LogP contribution in [0.25, 0.3) is 11.4 Å². The molecule has 0 spiro atoms. The first-order chi connectivity index (χ1) is 8.65. The summed E-state index contributed by atoms with van der Waals surface area (Å²) in [4.78, 5) is 14.9. The van der Waals surface area contributed by atoms with Crippen LogP contribution in [0.4, 0.5) is 0 Å². The highest BCUT2D eigenvalue weighted by Crippen LogP contribution is 2.15. The van der Waals surface area contributed by atoms with E-state index in [1.165, 1.54) is 0 Å². The molecule has 0 aliphatic heterocycles. The first kappa shape index (κ1) is 12.3. The minimum absolute atomic E-state index is 0.0408. The molecule has 0 fully saturated rings. The van der Waals surface area contributed by atoms with E-state index in [1.807, 2.05) is 37.3 Å². The van der Waals surface area contributed by atoms with Crippen LogP contribution in [0.5, 0.6) is 0 Å². The van der Waals surface area contributed by atoms with Gasteiger partial charge in [0.2, 0.25) is 0 Å². The van der Waals surface area contributed by atoms with Gasteiger partial charge in [-0.05, 0) is 5.92 Å². The molecule has 2 N–H and O–H groups in total. The normalized spacial score (nSPS) is 12.3. The van der Waals surface area contributed by atoms with Crippen LogP contribution in [0.1, 0.15) is 19.2 Å². The average Bonchev–Trinajstić information content (AvgIpc) is 2.77. The Hall–Kier alpha value is -2.17. The molecule has 1 atom stereocenters. The zero-order valence-corrected chi connectivity index (χ0v) is 10.1. The molecule has 0 aliphatic carbocycles. The number of carboxylic acids is 1. The van der Waals surface area contributed by atoms with Crippen LogP contribution < -0.4 is 0 Å². The molecule has 1 heterocycles. The van der Waals surface area contributed by atoms with Gasteiger partial charge in [-0.3, -0.25) is 9.89 Å². The van der Waals surface area contributed by atoms with E-state index < -0.39 is 5.97 Å². The highest BCUT2D eigenvalue weighted by atomic mass is 16.4. The number of benzene rings is 1. The van der Waals surface area contributed by atoms with Crippen molar-refractivity contribution in [1.82, 2.24) is 15.2 Å². The van der Waals surface area contributed by atoms with E-state index in [0.717, 1.165) is 11.4 Å². The average molecular weight is 245 g/mol. The summed E-state index contributed by atoms with van der Waals surface area (Å²) in [7, 11) is 0. The lowest BCUT2D eigenvalue weighted by atomic mass is 10.0. The Morgan fingerprint density at radius 1 is 1.39 bits per heavy atom. The van der Waals surface area contributed by atoms with Crippen LogP contribution in [-0.2, 0) is 11.2 Å². The van der Waals surface area contributed by atoms with E-state index >= 15 is 0 Å². The smallest absolute Gasteiger partial charge is 0.303 e. The Labute approximate surface area is 105 Å². The lowest BCUT2D eigenvalue weighted by Gasteiger charge is -2.04. The summed E-state index contributed by atoms with van der Waals surface area (Å²) in [5.74, 6) is 0.625. The first-order valence-electron chi connectivity index (χ1n) is 5.83. The van der Waals surface area contributed by atoms with Crippen LogP contribution in [0.2, 0.25) is 0 Å². The molecule has 1 aromatic carbocycles. The van der Waals surface area contributed by atoms with Crippen molar-refractivity contribution in [1.29, 1.82) is 0 Å². The predicted octanol–water partition coefficient (Wildman–Crippen LogP) is 2.12. The summed E-state index contributed by atoms with van der Waals surface area (Å²) >= 11 is 0. The van der Waals surface area contributed by atoms with Crippen molar-refractivity contribution in [3.63, 3.8) is 0 Å². The fourth-order valence-corrected chi connectivity index (χ4v) is 1.80. The molecule has 1 aromatic heterocycles. The van der Waals surface area contributed by atoms with Crippen molar-refractivity contribution < 1.29 is 9.90 Å². The molecule has 2 aromatic rings. The molecule has 5 heteroatoms. The summed E-state index contributed by atoms with van der Waals surface area (Å²) in [6.45, 7) is 1.89. The van der Waals surface area contributed by atoms with E-state index in [2.05, 4.69) is 15.2 Å². The van der Waals surface area contributed by atoms with Crippen molar-refractivity contribution in [2.45, 2.75) is 19.8 Å². The van der Waals surface area contributed by atoms with E-state index in [9.17, 15) is 4.79 Å². The quantitative estimate of drug-likeness (QED) is 0.845.